The minimum Gasteiger partial charge on any atom is -0.448 e. The van der Waals surface area contributed by atoms with Gasteiger partial charge in [-0.2, -0.15) is 0 Å². The largest absolute Gasteiger partial charge is 0.448 e. The van der Waals surface area contributed by atoms with E-state index < -0.39 is 0 Å². The normalized spacial score (nSPS) is 16.5. The number of carbonyl (C=O) groups is 1. The molecule has 2 N–H and O–H groups in total. The number of nitrogens with one attached hydrogen (secondary N) is 2. The van der Waals surface area contributed by atoms with Gasteiger partial charge < -0.3 is 14.6 Å². The van der Waals surface area contributed by atoms with E-state index in [1.165, 1.54) is 0 Å². The summed E-state index contributed by atoms with van der Waals surface area (Å²) in [5.41, 5.74) is 1.68. The van der Waals surface area contributed by atoms with E-state index >= 15 is 0 Å². The van der Waals surface area contributed by atoms with Gasteiger partial charge in [0.25, 0.3) is 0 Å². The zero-order valence-electron chi connectivity index (χ0n) is 12.6. The first kappa shape index (κ1) is 16.0. The molecule has 0 radical (unpaired) electrons. The van der Waals surface area contributed by atoms with Gasteiger partial charge in [0, 0.05) is 17.8 Å². The molecule has 118 valence electrons. The van der Waals surface area contributed by atoms with Gasteiger partial charge in [-0.1, -0.05) is 23.4 Å². The first-order valence-electron chi connectivity index (χ1n) is 7.33. The predicted molar refractivity (Wildman–Crippen MR) is 83.7 cm³/mol. The van der Waals surface area contributed by atoms with E-state index in [0.717, 1.165) is 30.8 Å². The predicted octanol–water partition coefficient (Wildman–Crippen LogP) is 2.97. The van der Waals surface area contributed by atoms with Gasteiger partial charge in [-0.05, 0) is 38.4 Å². The summed E-state index contributed by atoms with van der Waals surface area (Å²) in [6.07, 6.45) is 3.40. The van der Waals surface area contributed by atoms with E-state index in [0.29, 0.717) is 12.6 Å². The van der Waals surface area contributed by atoms with Crippen LogP contribution in [-0.2, 0) is 4.74 Å². The number of hydrogen-bond donors (Lipinski definition) is 2. The average molecular weight is 303 g/mol. The molecule has 0 aliphatic carbocycles. The van der Waals surface area contributed by atoms with Gasteiger partial charge in [0.05, 0.1) is 5.69 Å². The Kier molecular flexibility index (Phi) is 6.44. The van der Waals surface area contributed by atoms with Crippen LogP contribution in [0.25, 0.3) is 0 Å². The van der Waals surface area contributed by atoms with Crippen LogP contribution in [0.2, 0.25) is 0 Å². The Labute approximate surface area is 129 Å². The maximum absolute atomic E-state index is 11.4. The molecule has 1 aromatic carbocycles. The number of amides is 1. The zero-order valence-corrected chi connectivity index (χ0v) is 12.6. The number of carbonyl (C=O) groups excluding carboxylic acids is 1. The quantitative estimate of drug-likeness (QED) is 0.911. The van der Waals surface area contributed by atoms with Gasteiger partial charge in [-0.25, -0.2) is 4.79 Å². The maximum atomic E-state index is 11.4. The molecule has 1 amide bonds. The van der Waals surface area contributed by atoms with Crippen LogP contribution in [0.3, 0.4) is 0 Å². The summed E-state index contributed by atoms with van der Waals surface area (Å²) in [6.45, 7) is 3.34. The van der Waals surface area contributed by atoms with E-state index in [1.807, 2.05) is 37.3 Å². The molecule has 1 aliphatic rings. The van der Waals surface area contributed by atoms with Crippen molar-refractivity contribution in [2.45, 2.75) is 25.8 Å². The first-order chi connectivity index (χ1) is 10.7. The highest BCUT2D eigenvalue weighted by atomic mass is 16.5. The average Bonchev–Trinajstić information content (AvgIpc) is 3.20. The molecule has 1 atom stereocenters. The molecule has 1 aromatic heterocycles. The summed E-state index contributed by atoms with van der Waals surface area (Å²) in [7, 11) is 0. The first-order valence-corrected chi connectivity index (χ1v) is 7.33. The van der Waals surface area contributed by atoms with Crippen LogP contribution < -0.4 is 10.6 Å². The molecule has 1 aliphatic heterocycles. The van der Waals surface area contributed by atoms with Crippen LogP contribution in [0, 0.1) is 6.92 Å². The molecule has 2 aromatic rings. The third-order valence-corrected chi connectivity index (χ3v) is 3.16. The molecule has 1 fully saturated rings. The molecular formula is C16H21N3O3. The smallest absolute Gasteiger partial charge is 0.411 e. The summed E-state index contributed by atoms with van der Waals surface area (Å²) in [5, 5.41) is 9.49. The monoisotopic (exact) mass is 303 g/mol. The number of hydrogen-bond acceptors (Lipinski definition) is 5. The Morgan fingerprint density at radius 2 is 2.23 bits per heavy atom. The van der Waals surface area contributed by atoms with Crippen molar-refractivity contribution in [2.24, 2.45) is 0 Å². The molecule has 0 spiro atoms. The maximum Gasteiger partial charge on any atom is 0.411 e. The summed E-state index contributed by atoms with van der Waals surface area (Å²) in [4.78, 5) is 11.4. The Balaban J connectivity index is 0.000000246. The number of aryl methyl sites for hydroxylation is 1. The number of para-hydroxylation sites is 1. The second-order valence-electron chi connectivity index (χ2n) is 5.02. The molecule has 1 saturated heterocycles. The number of rotatable bonds is 3. The molecule has 3 rings (SSSR count). The van der Waals surface area contributed by atoms with E-state index in [4.69, 9.17) is 4.74 Å². The molecule has 2 heterocycles. The van der Waals surface area contributed by atoms with Crippen LogP contribution in [0.5, 0.6) is 0 Å². The lowest BCUT2D eigenvalue weighted by molar-refractivity contribution is 0.151. The van der Waals surface area contributed by atoms with Crippen molar-refractivity contribution >= 4 is 11.8 Å². The minimum absolute atomic E-state index is 0.321. The second-order valence-corrected chi connectivity index (χ2v) is 5.02. The Morgan fingerprint density at radius 3 is 2.77 bits per heavy atom. The van der Waals surface area contributed by atoms with Crippen molar-refractivity contribution in [2.75, 3.05) is 18.5 Å². The lowest BCUT2D eigenvalue weighted by Gasteiger charge is -2.11. The van der Waals surface area contributed by atoms with Crippen molar-refractivity contribution in [1.29, 1.82) is 0 Å². The van der Waals surface area contributed by atoms with Gasteiger partial charge in [0.15, 0.2) is 0 Å². The third-order valence-electron chi connectivity index (χ3n) is 3.16. The van der Waals surface area contributed by atoms with E-state index in [1.54, 1.807) is 12.3 Å². The lowest BCUT2D eigenvalue weighted by Crippen LogP contribution is -2.29. The highest BCUT2D eigenvalue weighted by Gasteiger charge is 2.15. The van der Waals surface area contributed by atoms with Crippen LogP contribution in [0.4, 0.5) is 10.5 Å². The van der Waals surface area contributed by atoms with Gasteiger partial charge in [0.1, 0.15) is 12.9 Å². The molecule has 6 heteroatoms. The van der Waals surface area contributed by atoms with Gasteiger partial charge in [-0.3, -0.25) is 5.32 Å². The molecule has 6 nitrogen and oxygen atoms in total. The van der Waals surface area contributed by atoms with Crippen molar-refractivity contribution in [3.8, 4) is 0 Å². The van der Waals surface area contributed by atoms with Crippen molar-refractivity contribution in [1.82, 2.24) is 10.5 Å². The summed E-state index contributed by atoms with van der Waals surface area (Å²) in [5.74, 6) is 0. The number of ether oxygens (including phenoxy) is 1. The van der Waals surface area contributed by atoms with E-state index in [-0.39, 0.29) is 6.09 Å². The third kappa shape index (κ3) is 5.97. The Morgan fingerprint density at radius 1 is 1.41 bits per heavy atom. The van der Waals surface area contributed by atoms with Crippen LogP contribution in [0.15, 0.2) is 47.2 Å². The summed E-state index contributed by atoms with van der Waals surface area (Å²) in [6, 6.07) is 11.4. The SMILES string of the molecule is Cc1ccon1.O=C(Nc1ccccc1)OCC1CCCN1. The van der Waals surface area contributed by atoms with E-state index in [9.17, 15) is 4.79 Å². The fourth-order valence-corrected chi connectivity index (χ4v) is 2.02. The summed E-state index contributed by atoms with van der Waals surface area (Å²) >= 11 is 0. The molecule has 0 bridgehead atoms. The van der Waals surface area contributed by atoms with Crippen molar-refractivity contribution in [3.05, 3.63) is 48.4 Å². The van der Waals surface area contributed by atoms with Gasteiger partial charge in [0.2, 0.25) is 0 Å². The Hall–Kier alpha value is -2.34. The second kappa shape index (κ2) is 8.84. The number of anilines is 1. The Bertz CT molecular complexity index is 537. The van der Waals surface area contributed by atoms with Crippen LogP contribution >= 0.6 is 0 Å². The highest BCUT2D eigenvalue weighted by Crippen LogP contribution is 2.07. The number of aromatic nitrogens is 1. The fraction of sp³-hybridized carbons (Fsp3) is 0.375. The van der Waals surface area contributed by atoms with E-state index in [2.05, 4.69) is 20.3 Å². The standard InChI is InChI=1S/C12H16N2O2.C4H5NO/c15-12(14-10-5-2-1-3-6-10)16-9-11-7-4-8-13-11;1-4-2-3-6-5-4/h1-3,5-6,11,13H,4,7-9H2,(H,14,15);2-3H,1H3. The lowest BCUT2D eigenvalue weighted by atomic mass is 10.2. The molecule has 1 unspecified atom stereocenters. The van der Waals surface area contributed by atoms with Crippen molar-refractivity contribution in [3.63, 3.8) is 0 Å². The van der Waals surface area contributed by atoms with Crippen LogP contribution in [0.1, 0.15) is 18.5 Å². The highest BCUT2D eigenvalue weighted by molar-refractivity contribution is 5.84. The molecule has 22 heavy (non-hydrogen) atoms. The molecule has 0 saturated carbocycles. The molecular weight excluding hydrogens is 282 g/mol. The fourth-order valence-electron chi connectivity index (χ4n) is 2.02. The van der Waals surface area contributed by atoms with Crippen molar-refractivity contribution < 1.29 is 14.1 Å². The summed E-state index contributed by atoms with van der Waals surface area (Å²) < 4.78 is 9.58. The topological polar surface area (TPSA) is 76.4 Å². The van der Waals surface area contributed by atoms with Gasteiger partial charge in [-0.15, -0.1) is 0 Å². The zero-order chi connectivity index (χ0) is 15.6. The van der Waals surface area contributed by atoms with Gasteiger partial charge >= 0.3 is 6.09 Å². The minimum atomic E-state index is -0.389. The number of nitrogens with zero attached hydrogens (tertiary/aromatic N) is 1. The number of benzene rings is 1. The van der Waals surface area contributed by atoms with Crippen LogP contribution in [-0.4, -0.2) is 30.4 Å².